The van der Waals surface area contributed by atoms with Gasteiger partial charge in [0.15, 0.2) is 5.16 Å². The summed E-state index contributed by atoms with van der Waals surface area (Å²) in [6.07, 6.45) is 10.8. The zero-order valence-corrected chi connectivity index (χ0v) is 19.2. The maximum Gasteiger partial charge on any atom is 0.190 e. The summed E-state index contributed by atoms with van der Waals surface area (Å²) in [5.41, 5.74) is 0.0476. The van der Waals surface area contributed by atoms with Crippen molar-refractivity contribution < 1.29 is 8.78 Å². The molecule has 0 amide bonds. The molecule has 0 saturated carbocycles. The maximum absolute atomic E-state index is 14.2. The van der Waals surface area contributed by atoms with E-state index in [9.17, 15) is 8.78 Å². The lowest BCUT2D eigenvalue weighted by molar-refractivity contribution is 0.260. The first-order valence-corrected chi connectivity index (χ1v) is 12.1. The highest BCUT2D eigenvalue weighted by atomic mass is 32.2. The van der Waals surface area contributed by atoms with Crippen LogP contribution >= 0.6 is 11.8 Å². The fourth-order valence-corrected chi connectivity index (χ4v) is 5.69. The SMILES string of the molecule is C=C/C=C(F)\C(=C\F)N1CCC2CN(CCCSc3nnc(C4C=CC=NC4)n3C)CC21. The fourth-order valence-electron chi connectivity index (χ4n) is 4.85. The minimum absolute atomic E-state index is 0.0476. The Morgan fingerprint density at radius 1 is 1.34 bits per heavy atom. The number of hydrogen-bond donors (Lipinski definition) is 0. The Morgan fingerprint density at radius 3 is 2.97 bits per heavy atom. The summed E-state index contributed by atoms with van der Waals surface area (Å²) >= 11 is 1.72. The first-order valence-electron chi connectivity index (χ1n) is 11.1. The van der Waals surface area contributed by atoms with Crippen molar-refractivity contribution in [3.8, 4) is 0 Å². The average Bonchev–Trinajstić information content (AvgIpc) is 3.48. The van der Waals surface area contributed by atoms with Crippen LogP contribution in [-0.4, -0.2) is 75.3 Å². The number of halogens is 2. The molecule has 3 unspecified atom stereocenters. The van der Waals surface area contributed by atoms with Gasteiger partial charge in [0.05, 0.1) is 12.5 Å². The minimum Gasteiger partial charge on any atom is -0.363 e. The smallest absolute Gasteiger partial charge is 0.190 e. The topological polar surface area (TPSA) is 49.6 Å². The van der Waals surface area contributed by atoms with Crippen molar-refractivity contribution >= 4 is 18.0 Å². The Labute approximate surface area is 192 Å². The highest BCUT2D eigenvalue weighted by Gasteiger charge is 2.42. The summed E-state index contributed by atoms with van der Waals surface area (Å²) in [5.74, 6) is 1.99. The second-order valence-electron chi connectivity index (χ2n) is 8.42. The lowest BCUT2D eigenvalue weighted by Crippen LogP contribution is -2.35. The molecule has 4 rings (SSSR count). The fraction of sp³-hybridized carbons (Fsp3) is 0.522. The van der Waals surface area contributed by atoms with Gasteiger partial charge >= 0.3 is 0 Å². The van der Waals surface area contributed by atoms with Gasteiger partial charge < -0.3 is 14.4 Å². The van der Waals surface area contributed by atoms with Crippen LogP contribution in [0.2, 0.25) is 0 Å². The molecule has 0 aromatic carbocycles. The molecule has 172 valence electrons. The van der Waals surface area contributed by atoms with Crippen molar-refractivity contribution in [2.75, 3.05) is 38.5 Å². The summed E-state index contributed by atoms with van der Waals surface area (Å²) in [7, 11) is 2.01. The minimum atomic E-state index is -0.559. The molecule has 4 heterocycles. The number of fused-ring (bicyclic) bond motifs is 1. The Kier molecular flexibility index (Phi) is 7.57. The second kappa shape index (κ2) is 10.6. The van der Waals surface area contributed by atoms with Gasteiger partial charge in [0, 0.05) is 44.7 Å². The molecule has 0 radical (unpaired) electrons. The third-order valence-corrected chi connectivity index (χ3v) is 7.54. The summed E-state index contributed by atoms with van der Waals surface area (Å²) in [6, 6.07) is 0.168. The Hall–Kier alpha value is -2.26. The van der Waals surface area contributed by atoms with Crippen LogP contribution in [0.5, 0.6) is 0 Å². The molecule has 0 N–H and O–H groups in total. The van der Waals surface area contributed by atoms with Crippen LogP contribution in [0.25, 0.3) is 0 Å². The third-order valence-electron chi connectivity index (χ3n) is 6.43. The molecule has 0 spiro atoms. The highest BCUT2D eigenvalue weighted by Crippen LogP contribution is 2.36. The molecule has 3 aliphatic heterocycles. The molecule has 6 nitrogen and oxygen atoms in total. The molecule has 32 heavy (non-hydrogen) atoms. The van der Waals surface area contributed by atoms with Gasteiger partial charge in [-0.15, -0.1) is 10.2 Å². The molecule has 2 saturated heterocycles. The average molecular weight is 461 g/mol. The first kappa shape index (κ1) is 22.9. The van der Waals surface area contributed by atoms with Crippen LogP contribution in [0.4, 0.5) is 8.78 Å². The quantitative estimate of drug-likeness (QED) is 0.318. The van der Waals surface area contributed by atoms with Crippen molar-refractivity contribution in [1.82, 2.24) is 24.6 Å². The molecular formula is C23H30F2N6S. The lowest BCUT2D eigenvalue weighted by atomic mass is 10.1. The summed E-state index contributed by atoms with van der Waals surface area (Å²) in [5, 5.41) is 9.65. The molecule has 2 fully saturated rings. The van der Waals surface area contributed by atoms with Crippen LogP contribution in [-0.2, 0) is 7.05 Å². The van der Waals surface area contributed by atoms with Gasteiger partial charge in [-0.25, -0.2) is 8.78 Å². The van der Waals surface area contributed by atoms with E-state index in [-0.39, 0.29) is 17.7 Å². The van der Waals surface area contributed by atoms with E-state index in [1.165, 1.54) is 12.2 Å². The van der Waals surface area contributed by atoms with Crippen molar-refractivity contribution in [1.29, 1.82) is 0 Å². The van der Waals surface area contributed by atoms with E-state index < -0.39 is 5.83 Å². The number of thioether (sulfide) groups is 1. The molecule has 3 atom stereocenters. The molecule has 0 aliphatic carbocycles. The summed E-state index contributed by atoms with van der Waals surface area (Å²) in [6.45, 7) is 7.72. The van der Waals surface area contributed by atoms with Gasteiger partial charge in [-0.3, -0.25) is 4.99 Å². The number of aromatic nitrogens is 3. The van der Waals surface area contributed by atoms with Crippen LogP contribution in [0, 0.1) is 5.92 Å². The van der Waals surface area contributed by atoms with Crippen molar-refractivity contribution in [3.05, 3.63) is 54.6 Å². The Balaban J connectivity index is 1.25. The number of aliphatic imine (C=N–C) groups is 1. The van der Waals surface area contributed by atoms with Gasteiger partial charge in [-0.05, 0) is 37.5 Å². The van der Waals surface area contributed by atoms with Crippen LogP contribution < -0.4 is 0 Å². The van der Waals surface area contributed by atoms with E-state index in [0.717, 1.165) is 49.2 Å². The van der Waals surface area contributed by atoms with Crippen LogP contribution in [0.3, 0.4) is 0 Å². The number of rotatable bonds is 9. The molecule has 1 aromatic heterocycles. The third kappa shape index (κ3) is 4.88. The van der Waals surface area contributed by atoms with Crippen molar-refractivity contribution in [2.45, 2.75) is 30.0 Å². The standard InChI is InChI=1S/C23H30F2N6S/c1-3-6-19(25)20(13-24)31-11-8-18-15-30(16-21(18)31)10-5-12-32-23-28-27-22(29(23)2)17-7-4-9-26-14-17/h3-4,6-7,9,13,17-18,21H,1,5,8,10-12,14-16H2,2H3/b19-6+,20-13-. The van der Waals surface area contributed by atoms with E-state index in [2.05, 4.69) is 37.3 Å². The van der Waals surface area contributed by atoms with E-state index in [1.54, 1.807) is 11.8 Å². The zero-order chi connectivity index (χ0) is 22.5. The van der Waals surface area contributed by atoms with Crippen molar-refractivity contribution in [3.63, 3.8) is 0 Å². The number of nitrogens with zero attached hydrogens (tertiary/aromatic N) is 6. The predicted molar refractivity (Wildman–Crippen MR) is 125 cm³/mol. The van der Waals surface area contributed by atoms with E-state index >= 15 is 0 Å². The van der Waals surface area contributed by atoms with Gasteiger partial charge in [0.25, 0.3) is 0 Å². The van der Waals surface area contributed by atoms with E-state index in [4.69, 9.17) is 0 Å². The van der Waals surface area contributed by atoms with E-state index in [1.807, 2.05) is 24.2 Å². The predicted octanol–water partition coefficient (Wildman–Crippen LogP) is 3.88. The largest absolute Gasteiger partial charge is 0.363 e. The zero-order valence-electron chi connectivity index (χ0n) is 18.4. The molecule has 0 bridgehead atoms. The van der Waals surface area contributed by atoms with Gasteiger partial charge in [-0.1, -0.05) is 30.5 Å². The highest BCUT2D eigenvalue weighted by molar-refractivity contribution is 7.99. The number of dihydropyridines is 1. The maximum atomic E-state index is 14.2. The molecule has 3 aliphatic rings. The monoisotopic (exact) mass is 460 g/mol. The van der Waals surface area contributed by atoms with Gasteiger partial charge in [0.1, 0.15) is 23.7 Å². The summed E-state index contributed by atoms with van der Waals surface area (Å²) < 4.78 is 29.7. The second-order valence-corrected chi connectivity index (χ2v) is 9.48. The van der Waals surface area contributed by atoms with Gasteiger partial charge in [-0.2, -0.15) is 0 Å². The van der Waals surface area contributed by atoms with Gasteiger partial charge in [0.2, 0.25) is 0 Å². The number of likely N-dealkylation sites (tertiary alicyclic amines) is 2. The molecular weight excluding hydrogens is 430 g/mol. The molecule has 1 aromatic rings. The lowest BCUT2D eigenvalue weighted by Gasteiger charge is -2.27. The normalized spacial score (nSPS) is 26.2. The number of hydrogen-bond acceptors (Lipinski definition) is 6. The Morgan fingerprint density at radius 2 is 2.22 bits per heavy atom. The van der Waals surface area contributed by atoms with Crippen LogP contribution in [0.1, 0.15) is 24.6 Å². The first-order chi connectivity index (χ1) is 15.6. The summed E-state index contributed by atoms with van der Waals surface area (Å²) in [4.78, 5) is 8.61. The van der Waals surface area contributed by atoms with E-state index in [0.29, 0.717) is 25.3 Å². The Bertz CT molecular complexity index is 937. The van der Waals surface area contributed by atoms with Crippen molar-refractivity contribution in [2.24, 2.45) is 18.0 Å². The number of allylic oxidation sites excluding steroid dienone is 4. The van der Waals surface area contributed by atoms with Crippen LogP contribution in [0.15, 0.2) is 58.9 Å². The molecule has 9 heteroatoms.